The number of methoxy groups -OCH3 is 1. The molecule has 0 saturated carbocycles. The van der Waals surface area contributed by atoms with E-state index < -0.39 is 0 Å². The summed E-state index contributed by atoms with van der Waals surface area (Å²) in [4.78, 5) is 15.9. The van der Waals surface area contributed by atoms with Crippen LogP contribution in [0.2, 0.25) is 0 Å². The molecule has 0 aliphatic carbocycles. The lowest BCUT2D eigenvalue weighted by atomic mass is 10.2. The number of carbonyl (C=O) groups is 1. The quantitative estimate of drug-likeness (QED) is 0.442. The second-order valence-corrected chi connectivity index (χ2v) is 6.59. The average Bonchev–Trinajstić information content (AvgIpc) is 2.74. The molecule has 0 aliphatic rings. The second-order valence-electron chi connectivity index (χ2n) is 5.74. The molecule has 1 N–H and O–H groups in total. The third kappa shape index (κ3) is 5.17. The topological polar surface area (TPSA) is 72.8 Å². The van der Waals surface area contributed by atoms with Crippen molar-refractivity contribution in [2.75, 3.05) is 7.11 Å². The second kappa shape index (κ2) is 9.66. The summed E-state index contributed by atoms with van der Waals surface area (Å²) in [6.07, 6.45) is 4.61. The number of hydrazone groups is 1. The Labute approximate surface area is 171 Å². The van der Waals surface area contributed by atoms with Crippen LogP contribution < -0.4 is 14.9 Å². The predicted octanol–water partition coefficient (Wildman–Crippen LogP) is 4.20. The van der Waals surface area contributed by atoms with E-state index in [0.717, 1.165) is 15.6 Å². The van der Waals surface area contributed by atoms with Crippen molar-refractivity contribution in [1.29, 1.82) is 0 Å². The van der Waals surface area contributed by atoms with Gasteiger partial charge >= 0.3 is 0 Å². The van der Waals surface area contributed by atoms with Gasteiger partial charge in [0.1, 0.15) is 6.61 Å². The van der Waals surface area contributed by atoms with Crippen molar-refractivity contribution >= 4 is 28.1 Å². The first-order chi connectivity index (χ1) is 13.7. The van der Waals surface area contributed by atoms with Crippen molar-refractivity contribution in [3.05, 3.63) is 88.2 Å². The zero-order valence-electron chi connectivity index (χ0n) is 15.1. The molecule has 0 fully saturated rings. The molecule has 3 aromatic rings. The Bertz CT molecular complexity index is 963. The molecule has 142 valence electrons. The third-order valence-electron chi connectivity index (χ3n) is 3.81. The van der Waals surface area contributed by atoms with Crippen LogP contribution in [0.15, 0.2) is 76.6 Å². The van der Waals surface area contributed by atoms with Crippen LogP contribution in [-0.2, 0) is 6.61 Å². The minimum absolute atomic E-state index is 0.338. The van der Waals surface area contributed by atoms with Crippen LogP contribution in [0.4, 0.5) is 0 Å². The number of benzene rings is 2. The highest BCUT2D eigenvalue weighted by atomic mass is 79.9. The molecule has 6 nitrogen and oxygen atoms in total. The zero-order chi connectivity index (χ0) is 19.8. The number of hydrogen-bond acceptors (Lipinski definition) is 5. The number of hydrogen-bond donors (Lipinski definition) is 1. The van der Waals surface area contributed by atoms with E-state index in [4.69, 9.17) is 9.47 Å². The Morgan fingerprint density at radius 3 is 2.71 bits per heavy atom. The van der Waals surface area contributed by atoms with E-state index in [1.54, 1.807) is 31.5 Å². The molecular weight excluding hydrogens is 422 g/mol. The number of nitrogens with one attached hydrogen (secondary N) is 1. The first kappa shape index (κ1) is 19.6. The lowest BCUT2D eigenvalue weighted by Gasteiger charge is -2.12. The summed E-state index contributed by atoms with van der Waals surface area (Å²) in [7, 11) is 1.57. The molecule has 1 aromatic heterocycles. The van der Waals surface area contributed by atoms with Crippen LogP contribution in [0.5, 0.6) is 11.5 Å². The number of carbonyl (C=O) groups excluding carboxylic acids is 1. The van der Waals surface area contributed by atoms with Crippen LogP contribution in [0.1, 0.15) is 21.5 Å². The molecule has 0 spiro atoms. The van der Waals surface area contributed by atoms with Crippen LogP contribution in [0, 0.1) is 0 Å². The van der Waals surface area contributed by atoms with Gasteiger partial charge < -0.3 is 9.47 Å². The van der Waals surface area contributed by atoms with Gasteiger partial charge in [-0.2, -0.15) is 5.10 Å². The van der Waals surface area contributed by atoms with Crippen LogP contribution in [0.3, 0.4) is 0 Å². The van der Waals surface area contributed by atoms with Gasteiger partial charge in [-0.25, -0.2) is 5.43 Å². The molecule has 0 unspecified atom stereocenters. The van der Waals surface area contributed by atoms with Crippen molar-refractivity contribution in [2.24, 2.45) is 5.10 Å². The van der Waals surface area contributed by atoms with Gasteiger partial charge in [-0.15, -0.1) is 0 Å². The zero-order valence-corrected chi connectivity index (χ0v) is 16.7. The molecule has 0 aliphatic heterocycles. The maximum absolute atomic E-state index is 12.0. The maximum Gasteiger partial charge on any atom is 0.272 e. The molecule has 1 heterocycles. The number of nitrogens with zero attached hydrogens (tertiary/aromatic N) is 2. The van der Waals surface area contributed by atoms with E-state index in [9.17, 15) is 4.79 Å². The summed E-state index contributed by atoms with van der Waals surface area (Å²) in [5.41, 5.74) is 4.69. The van der Waals surface area contributed by atoms with Gasteiger partial charge in [-0.1, -0.05) is 30.3 Å². The van der Waals surface area contributed by atoms with Crippen molar-refractivity contribution in [1.82, 2.24) is 10.4 Å². The lowest BCUT2D eigenvalue weighted by molar-refractivity contribution is 0.0955. The number of aromatic nitrogens is 1. The van der Waals surface area contributed by atoms with E-state index >= 15 is 0 Å². The fraction of sp³-hybridized carbons (Fsp3) is 0.0952. The Balaban J connectivity index is 1.69. The molecule has 0 bridgehead atoms. The maximum atomic E-state index is 12.0. The predicted molar refractivity (Wildman–Crippen MR) is 111 cm³/mol. The van der Waals surface area contributed by atoms with Crippen molar-refractivity contribution in [2.45, 2.75) is 6.61 Å². The van der Waals surface area contributed by atoms with Gasteiger partial charge in [0.2, 0.25) is 0 Å². The van der Waals surface area contributed by atoms with Gasteiger partial charge in [-0.3, -0.25) is 9.78 Å². The van der Waals surface area contributed by atoms with Gasteiger partial charge in [-0.05, 0) is 45.8 Å². The first-order valence-electron chi connectivity index (χ1n) is 8.45. The highest BCUT2D eigenvalue weighted by molar-refractivity contribution is 9.10. The third-order valence-corrected chi connectivity index (χ3v) is 4.50. The fourth-order valence-corrected chi connectivity index (χ4v) is 2.80. The molecule has 0 saturated heterocycles. The lowest BCUT2D eigenvalue weighted by Crippen LogP contribution is -2.17. The number of halogens is 1. The average molecular weight is 440 g/mol. The van der Waals surface area contributed by atoms with Gasteiger partial charge in [0.05, 0.1) is 18.9 Å². The molecule has 0 atom stereocenters. The SMILES string of the molecule is COc1cc(/C=N/NC(=O)c2cccnc2)c(Br)cc1OCc1ccccc1. The first-order valence-corrected chi connectivity index (χ1v) is 9.24. The highest BCUT2D eigenvalue weighted by Crippen LogP contribution is 2.33. The number of amides is 1. The van der Waals surface area contributed by atoms with E-state index in [1.807, 2.05) is 36.4 Å². The summed E-state index contributed by atoms with van der Waals surface area (Å²) >= 11 is 3.50. The number of rotatable bonds is 7. The Morgan fingerprint density at radius 1 is 1.18 bits per heavy atom. The Kier molecular flexibility index (Phi) is 6.75. The largest absolute Gasteiger partial charge is 0.493 e. The molecule has 2 aromatic carbocycles. The van der Waals surface area contributed by atoms with Crippen LogP contribution in [0.25, 0.3) is 0 Å². The number of ether oxygens (including phenoxy) is 2. The molecule has 1 amide bonds. The molecular formula is C21H18BrN3O3. The summed E-state index contributed by atoms with van der Waals surface area (Å²) in [5.74, 6) is 0.837. The van der Waals surface area contributed by atoms with Gasteiger partial charge in [0, 0.05) is 22.4 Å². The highest BCUT2D eigenvalue weighted by Gasteiger charge is 2.10. The summed E-state index contributed by atoms with van der Waals surface area (Å²) in [6, 6.07) is 16.8. The standard InChI is InChI=1S/C21H18BrN3O3/c1-27-19-10-17(13-24-25-21(26)16-8-5-9-23-12-16)18(22)11-20(19)28-14-15-6-3-2-4-7-15/h2-13H,14H2,1H3,(H,25,26)/b24-13+. The molecule has 0 radical (unpaired) electrons. The van der Waals surface area contributed by atoms with E-state index in [1.165, 1.54) is 12.4 Å². The van der Waals surface area contributed by atoms with Gasteiger partial charge in [0.25, 0.3) is 5.91 Å². The van der Waals surface area contributed by atoms with Crippen molar-refractivity contribution in [3.63, 3.8) is 0 Å². The smallest absolute Gasteiger partial charge is 0.272 e. The summed E-state index contributed by atoms with van der Waals surface area (Å²) < 4.78 is 12.1. The minimum Gasteiger partial charge on any atom is -0.493 e. The van der Waals surface area contributed by atoms with E-state index in [-0.39, 0.29) is 5.91 Å². The van der Waals surface area contributed by atoms with Crippen molar-refractivity contribution in [3.8, 4) is 11.5 Å². The fourth-order valence-electron chi connectivity index (χ4n) is 2.38. The summed E-state index contributed by atoms with van der Waals surface area (Å²) in [5, 5.41) is 4.00. The van der Waals surface area contributed by atoms with Crippen molar-refractivity contribution < 1.29 is 14.3 Å². The van der Waals surface area contributed by atoms with E-state index in [2.05, 4.69) is 31.4 Å². The monoisotopic (exact) mass is 439 g/mol. The minimum atomic E-state index is -0.338. The number of pyridine rings is 1. The normalized spacial score (nSPS) is 10.6. The molecule has 28 heavy (non-hydrogen) atoms. The summed E-state index contributed by atoms with van der Waals surface area (Å²) in [6.45, 7) is 0.429. The molecule has 7 heteroatoms. The Morgan fingerprint density at radius 2 is 2.00 bits per heavy atom. The van der Waals surface area contributed by atoms with Crippen LogP contribution in [-0.4, -0.2) is 24.2 Å². The molecule has 3 rings (SSSR count). The van der Waals surface area contributed by atoms with Crippen LogP contribution >= 0.6 is 15.9 Å². The van der Waals surface area contributed by atoms with Gasteiger partial charge in [0.15, 0.2) is 11.5 Å². The van der Waals surface area contributed by atoms with E-state index in [0.29, 0.717) is 23.7 Å². The Hall–Kier alpha value is -3.19.